The third-order valence-corrected chi connectivity index (χ3v) is 4.73. The van der Waals surface area contributed by atoms with Crippen LogP contribution in [-0.4, -0.2) is 35.0 Å². The van der Waals surface area contributed by atoms with Gasteiger partial charge in [-0.05, 0) is 27.7 Å². The number of thiazole rings is 1. The largest absolute Gasteiger partial charge is 0.383 e. The number of ether oxygens (including phenoxy) is 1. The second-order valence-corrected chi connectivity index (χ2v) is 6.51. The van der Waals surface area contributed by atoms with Crippen molar-refractivity contribution in [2.24, 2.45) is 0 Å². The van der Waals surface area contributed by atoms with E-state index in [0.717, 1.165) is 42.6 Å². The van der Waals surface area contributed by atoms with Crippen LogP contribution in [0.1, 0.15) is 32.5 Å². The predicted molar refractivity (Wildman–Crippen MR) is 86.0 cm³/mol. The van der Waals surface area contributed by atoms with E-state index in [9.17, 15) is 0 Å². The molecule has 0 fully saturated rings. The Kier molecular flexibility index (Phi) is 5.50. The number of nitrogens with zero attached hydrogens (tertiary/aromatic N) is 3. The van der Waals surface area contributed by atoms with Crippen molar-refractivity contribution in [3.63, 3.8) is 0 Å². The Balaban J connectivity index is 2.07. The average molecular weight is 308 g/mol. The summed E-state index contributed by atoms with van der Waals surface area (Å²) in [6.07, 6.45) is 0. The zero-order valence-corrected chi connectivity index (χ0v) is 14.3. The van der Waals surface area contributed by atoms with E-state index in [-0.39, 0.29) is 0 Å². The Morgan fingerprint density at radius 1 is 1.19 bits per heavy atom. The smallest absolute Gasteiger partial charge is 0.115 e. The molecule has 6 heteroatoms. The van der Waals surface area contributed by atoms with Crippen LogP contribution in [-0.2, 0) is 17.8 Å². The predicted octanol–water partition coefficient (Wildman–Crippen LogP) is 2.36. The minimum absolute atomic E-state index is 0.726. The van der Waals surface area contributed by atoms with Crippen molar-refractivity contribution in [1.29, 1.82) is 0 Å². The van der Waals surface area contributed by atoms with Crippen molar-refractivity contribution < 1.29 is 4.74 Å². The van der Waals surface area contributed by atoms with Gasteiger partial charge in [-0.2, -0.15) is 5.10 Å². The number of methoxy groups -OCH3 is 1. The van der Waals surface area contributed by atoms with E-state index in [2.05, 4.69) is 47.8 Å². The lowest BCUT2D eigenvalue weighted by Crippen LogP contribution is -2.19. The highest BCUT2D eigenvalue weighted by atomic mass is 32.1. The van der Waals surface area contributed by atoms with Crippen LogP contribution in [0.3, 0.4) is 0 Å². The number of rotatable bonds is 7. The van der Waals surface area contributed by atoms with Gasteiger partial charge in [-0.1, -0.05) is 0 Å². The van der Waals surface area contributed by atoms with E-state index >= 15 is 0 Å². The zero-order valence-electron chi connectivity index (χ0n) is 13.5. The van der Waals surface area contributed by atoms with Gasteiger partial charge in [0.2, 0.25) is 0 Å². The van der Waals surface area contributed by atoms with Crippen LogP contribution in [0.4, 0.5) is 0 Å². The molecule has 2 heterocycles. The first-order valence-electron chi connectivity index (χ1n) is 7.18. The highest BCUT2D eigenvalue weighted by Crippen LogP contribution is 2.19. The first kappa shape index (κ1) is 16.1. The fourth-order valence-corrected chi connectivity index (χ4v) is 3.18. The monoisotopic (exact) mass is 308 g/mol. The molecule has 0 aliphatic rings. The molecule has 0 radical (unpaired) electrons. The number of hydrogen-bond acceptors (Lipinski definition) is 5. The van der Waals surface area contributed by atoms with Gasteiger partial charge in [0.15, 0.2) is 0 Å². The molecule has 2 aromatic rings. The highest BCUT2D eigenvalue weighted by Gasteiger charge is 2.13. The minimum atomic E-state index is 0.726. The summed E-state index contributed by atoms with van der Waals surface area (Å²) < 4.78 is 7.10. The van der Waals surface area contributed by atoms with Crippen molar-refractivity contribution in [2.45, 2.75) is 40.8 Å². The molecule has 0 spiro atoms. The molecule has 21 heavy (non-hydrogen) atoms. The van der Waals surface area contributed by atoms with Gasteiger partial charge >= 0.3 is 0 Å². The normalized spacial score (nSPS) is 11.3. The summed E-state index contributed by atoms with van der Waals surface area (Å²) in [5, 5.41) is 9.16. The van der Waals surface area contributed by atoms with Gasteiger partial charge in [0.25, 0.3) is 0 Å². The molecule has 0 saturated carbocycles. The Hall–Kier alpha value is -1.24. The second kappa shape index (κ2) is 7.15. The van der Waals surface area contributed by atoms with Crippen molar-refractivity contribution in [3.8, 4) is 0 Å². The maximum absolute atomic E-state index is 5.05. The SMILES string of the molecule is COCCNCc1c(C)nn(Cc2nc(C)c(C)s2)c1C. The summed E-state index contributed by atoms with van der Waals surface area (Å²) in [6, 6.07) is 0. The molecule has 116 valence electrons. The summed E-state index contributed by atoms with van der Waals surface area (Å²) in [5.74, 6) is 0. The maximum atomic E-state index is 5.05. The molecule has 2 rings (SSSR count). The molecule has 0 amide bonds. The lowest BCUT2D eigenvalue weighted by Gasteiger charge is -2.05. The van der Waals surface area contributed by atoms with Crippen LogP contribution in [0, 0.1) is 27.7 Å². The Morgan fingerprint density at radius 3 is 2.57 bits per heavy atom. The molecule has 0 saturated heterocycles. The van der Waals surface area contributed by atoms with Crippen LogP contribution in [0.15, 0.2) is 0 Å². The second-order valence-electron chi connectivity index (χ2n) is 5.23. The maximum Gasteiger partial charge on any atom is 0.115 e. The van der Waals surface area contributed by atoms with Crippen LogP contribution in [0.2, 0.25) is 0 Å². The average Bonchev–Trinajstić information content (AvgIpc) is 2.88. The molecule has 0 atom stereocenters. The van der Waals surface area contributed by atoms with Gasteiger partial charge in [-0.25, -0.2) is 4.98 Å². The van der Waals surface area contributed by atoms with Crippen LogP contribution >= 0.6 is 11.3 Å². The van der Waals surface area contributed by atoms with E-state index in [4.69, 9.17) is 4.74 Å². The Bertz CT molecular complexity index is 584. The summed E-state index contributed by atoms with van der Waals surface area (Å²) in [6.45, 7) is 11.5. The molecule has 0 aromatic carbocycles. The summed E-state index contributed by atoms with van der Waals surface area (Å²) in [5.41, 5.74) is 4.69. The molecule has 0 bridgehead atoms. The number of aryl methyl sites for hydroxylation is 3. The van der Waals surface area contributed by atoms with E-state index in [1.165, 1.54) is 16.1 Å². The van der Waals surface area contributed by atoms with Crippen molar-refractivity contribution in [2.75, 3.05) is 20.3 Å². The zero-order chi connectivity index (χ0) is 15.4. The standard InChI is InChI=1S/C15H24N4OS/c1-10-13(4)21-15(17-10)9-19-12(3)14(11(2)18-19)8-16-6-7-20-5/h16H,6-9H2,1-5H3. The molecular weight excluding hydrogens is 284 g/mol. The molecule has 1 N–H and O–H groups in total. The first-order chi connectivity index (χ1) is 10.0. The van der Waals surface area contributed by atoms with Crippen LogP contribution in [0.25, 0.3) is 0 Å². The summed E-state index contributed by atoms with van der Waals surface area (Å²) in [4.78, 5) is 5.88. The quantitative estimate of drug-likeness (QED) is 0.798. The van der Waals surface area contributed by atoms with Gasteiger partial charge in [0.1, 0.15) is 5.01 Å². The Morgan fingerprint density at radius 2 is 1.95 bits per heavy atom. The molecule has 0 aliphatic carbocycles. The Labute approximate surface area is 130 Å². The van der Waals surface area contributed by atoms with Gasteiger partial charge in [-0.3, -0.25) is 4.68 Å². The molecule has 0 unspecified atom stereocenters. The lowest BCUT2D eigenvalue weighted by molar-refractivity contribution is 0.199. The number of aromatic nitrogens is 3. The van der Waals surface area contributed by atoms with Crippen LogP contribution in [0.5, 0.6) is 0 Å². The van der Waals surface area contributed by atoms with Gasteiger partial charge in [0.05, 0.1) is 24.5 Å². The van der Waals surface area contributed by atoms with Crippen molar-refractivity contribution in [1.82, 2.24) is 20.1 Å². The first-order valence-corrected chi connectivity index (χ1v) is 8.00. The van der Waals surface area contributed by atoms with Crippen molar-refractivity contribution in [3.05, 3.63) is 32.5 Å². The van der Waals surface area contributed by atoms with E-state index in [0.29, 0.717) is 0 Å². The van der Waals surface area contributed by atoms with E-state index in [1.807, 2.05) is 0 Å². The summed E-state index contributed by atoms with van der Waals surface area (Å²) >= 11 is 1.75. The molecule has 5 nitrogen and oxygen atoms in total. The molecule has 0 aliphatic heterocycles. The minimum Gasteiger partial charge on any atom is -0.383 e. The van der Waals surface area contributed by atoms with Crippen LogP contribution < -0.4 is 5.32 Å². The third kappa shape index (κ3) is 3.90. The van der Waals surface area contributed by atoms with Gasteiger partial charge < -0.3 is 10.1 Å². The fourth-order valence-electron chi connectivity index (χ4n) is 2.27. The van der Waals surface area contributed by atoms with Gasteiger partial charge in [0, 0.05) is 36.3 Å². The van der Waals surface area contributed by atoms with E-state index in [1.54, 1.807) is 18.4 Å². The molecular formula is C15H24N4OS. The third-order valence-electron chi connectivity index (χ3n) is 3.67. The van der Waals surface area contributed by atoms with E-state index < -0.39 is 0 Å². The summed E-state index contributed by atoms with van der Waals surface area (Å²) in [7, 11) is 1.72. The fraction of sp³-hybridized carbons (Fsp3) is 0.600. The molecule has 2 aromatic heterocycles. The lowest BCUT2D eigenvalue weighted by atomic mass is 10.2. The van der Waals surface area contributed by atoms with Crippen molar-refractivity contribution >= 4 is 11.3 Å². The highest BCUT2D eigenvalue weighted by molar-refractivity contribution is 7.11. The topological polar surface area (TPSA) is 52.0 Å². The number of nitrogens with one attached hydrogen (secondary N) is 1. The van der Waals surface area contributed by atoms with Gasteiger partial charge in [-0.15, -0.1) is 11.3 Å². The number of hydrogen-bond donors (Lipinski definition) is 1.